The van der Waals surface area contributed by atoms with E-state index in [1.54, 1.807) is 0 Å². The van der Waals surface area contributed by atoms with Crippen molar-refractivity contribution in [2.24, 2.45) is 0 Å². The Kier molecular flexibility index (Phi) is 4.68. The highest BCUT2D eigenvalue weighted by Crippen LogP contribution is 2.21. The second kappa shape index (κ2) is 7.26. The number of H-pyrrole nitrogens is 1. The van der Waals surface area contributed by atoms with Crippen LogP contribution in [-0.4, -0.2) is 28.0 Å². The zero-order valence-electron chi connectivity index (χ0n) is 14.0. The lowest BCUT2D eigenvalue weighted by atomic mass is 10.1. The molecule has 0 fully saturated rings. The maximum Gasteiger partial charge on any atom is 0.137 e. The van der Waals surface area contributed by atoms with Crippen molar-refractivity contribution in [3.8, 4) is 0 Å². The highest BCUT2D eigenvalue weighted by molar-refractivity contribution is 6.30. The van der Waals surface area contributed by atoms with E-state index < -0.39 is 0 Å². The van der Waals surface area contributed by atoms with Crippen LogP contribution >= 0.6 is 11.6 Å². The molecule has 1 aromatic carbocycles. The lowest BCUT2D eigenvalue weighted by Crippen LogP contribution is -2.27. The first-order valence-corrected chi connectivity index (χ1v) is 8.92. The van der Waals surface area contributed by atoms with Crippen LogP contribution in [0.2, 0.25) is 5.02 Å². The quantitative estimate of drug-likeness (QED) is 0.713. The number of rotatable bonds is 4. The monoisotopic (exact) mass is 349 g/mol. The topological polar surface area (TPSA) is 31.9 Å². The number of fused-ring (bicyclic) bond motifs is 1. The molecular weight excluding hydrogens is 330 g/mol. The fraction of sp³-hybridized carbons (Fsp3) is 0.190. The first kappa shape index (κ1) is 16.1. The van der Waals surface area contributed by atoms with Gasteiger partial charge in [0.25, 0.3) is 0 Å². The van der Waals surface area contributed by atoms with Crippen LogP contribution in [0.25, 0.3) is 17.1 Å². The van der Waals surface area contributed by atoms with Gasteiger partial charge in [-0.3, -0.25) is 4.90 Å². The molecule has 4 heteroatoms. The molecule has 126 valence electrons. The Morgan fingerprint density at radius 1 is 1.16 bits per heavy atom. The number of hydrogen-bond donors (Lipinski definition) is 1. The van der Waals surface area contributed by atoms with Crippen molar-refractivity contribution >= 4 is 28.7 Å². The fourth-order valence-corrected chi connectivity index (χ4v) is 3.31. The maximum absolute atomic E-state index is 5.92. The summed E-state index contributed by atoms with van der Waals surface area (Å²) >= 11 is 5.92. The minimum absolute atomic E-state index is 0.775. The van der Waals surface area contributed by atoms with E-state index in [1.807, 2.05) is 36.5 Å². The van der Waals surface area contributed by atoms with Crippen molar-refractivity contribution in [2.75, 3.05) is 13.1 Å². The number of nitrogens with zero attached hydrogens (tertiary/aromatic N) is 2. The van der Waals surface area contributed by atoms with Gasteiger partial charge in [0.2, 0.25) is 0 Å². The predicted molar refractivity (Wildman–Crippen MR) is 105 cm³/mol. The van der Waals surface area contributed by atoms with Crippen molar-refractivity contribution < 1.29 is 0 Å². The second-order valence-corrected chi connectivity index (χ2v) is 6.80. The van der Waals surface area contributed by atoms with E-state index in [0.717, 1.165) is 36.7 Å². The van der Waals surface area contributed by atoms with E-state index >= 15 is 0 Å². The summed E-state index contributed by atoms with van der Waals surface area (Å²) in [5, 5.41) is 2.00. The van der Waals surface area contributed by atoms with Gasteiger partial charge >= 0.3 is 0 Å². The molecule has 1 aliphatic heterocycles. The summed E-state index contributed by atoms with van der Waals surface area (Å²) in [7, 11) is 0. The zero-order valence-corrected chi connectivity index (χ0v) is 14.7. The van der Waals surface area contributed by atoms with Gasteiger partial charge in [-0.15, -0.1) is 0 Å². The molecule has 25 heavy (non-hydrogen) atoms. The molecule has 3 heterocycles. The van der Waals surface area contributed by atoms with Gasteiger partial charge in [-0.1, -0.05) is 42.0 Å². The number of halogens is 1. The Hall–Kier alpha value is -2.36. The molecule has 0 unspecified atom stereocenters. The van der Waals surface area contributed by atoms with E-state index in [4.69, 9.17) is 11.6 Å². The van der Waals surface area contributed by atoms with E-state index in [1.165, 1.54) is 22.1 Å². The van der Waals surface area contributed by atoms with Gasteiger partial charge in [-0.05, 0) is 47.4 Å². The Balaban J connectivity index is 1.39. The molecule has 4 rings (SSSR count). The fourth-order valence-electron chi connectivity index (χ4n) is 3.18. The van der Waals surface area contributed by atoms with Crippen molar-refractivity contribution in [3.05, 3.63) is 82.7 Å². The van der Waals surface area contributed by atoms with Crippen LogP contribution in [-0.2, 0) is 6.54 Å². The summed E-state index contributed by atoms with van der Waals surface area (Å²) in [6.45, 7) is 3.01. The van der Waals surface area contributed by atoms with E-state index in [0.29, 0.717) is 0 Å². The first-order valence-electron chi connectivity index (χ1n) is 8.54. The van der Waals surface area contributed by atoms with Crippen LogP contribution in [0.15, 0.2) is 66.5 Å². The number of aromatic amines is 1. The number of hydrogen-bond acceptors (Lipinski definition) is 2. The average Bonchev–Trinajstić information content (AvgIpc) is 3.06. The average molecular weight is 350 g/mol. The molecule has 1 aliphatic rings. The van der Waals surface area contributed by atoms with E-state index in [9.17, 15) is 0 Å². The van der Waals surface area contributed by atoms with E-state index in [2.05, 4.69) is 45.4 Å². The molecule has 3 aromatic rings. The molecule has 0 atom stereocenters. The molecule has 0 aliphatic carbocycles. The summed E-state index contributed by atoms with van der Waals surface area (Å²) in [6.07, 6.45) is 11.7. The summed E-state index contributed by atoms with van der Waals surface area (Å²) in [4.78, 5) is 10.1. The molecule has 0 spiro atoms. The van der Waals surface area contributed by atoms with Gasteiger partial charge in [-0.2, -0.15) is 0 Å². The minimum Gasteiger partial charge on any atom is -0.346 e. The van der Waals surface area contributed by atoms with Crippen LogP contribution in [0, 0.1) is 0 Å². The second-order valence-electron chi connectivity index (χ2n) is 6.36. The molecule has 0 saturated carbocycles. The number of pyridine rings is 1. The Labute approximate surface area is 152 Å². The molecule has 0 radical (unpaired) electrons. The van der Waals surface area contributed by atoms with Gasteiger partial charge in [0, 0.05) is 42.4 Å². The van der Waals surface area contributed by atoms with Gasteiger partial charge in [-0.25, -0.2) is 4.98 Å². The van der Waals surface area contributed by atoms with Crippen molar-refractivity contribution in [1.82, 2.24) is 14.9 Å². The Bertz CT molecular complexity index is 922. The van der Waals surface area contributed by atoms with Crippen LogP contribution in [0.3, 0.4) is 0 Å². The largest absolute Gasteiger partial charge is 0.346 e. The molecule has 0 saturated heterocycles. The molecule has 2 aromatic heterocycles. The molecule has 3 nitrogen and oxygen atoms in total. The van der Waals surface area contributed by atoms with Crippen LogP contribution in [0.1, 0.15) is 17.5 Å². The molecule has 0 bridgehead atoms. The third kappa shape index (κ3) is 3.84. The van der Waals surface area contributed by atoms with Gasteiger partial charge in [0.15, 0.2) is 0 Å². The lowest BCUT2D eigenvalue weighted by molar-refractivity contribution is 0.288. The maximum atomic E-state index is 5.92. The first-order chi connectivity index (χ1) is 12.3. The predicted octanol–water partition coefficient (Wildman–Crippen LogP) is 5.06. The highest BCUT2D eigenvalue weighted by atomic mass is 35.5. The van der Waals surface area contributed by atoms with Gasteiger partial charge in [0.05, 0.1) is 0 Å². The summed E-state index contributed by atoms with van der Waals surface area (Å²) in [5.74, 6) is 0. The summed E-state index contributed by atoms with van der Waals surface area (Å²) in [5.41, 5.74) is 4.86. The smallest absolute Gasteiger partial charge is 0.137 e. The van der Waals surface area contributed by atoms with E-state index in [-0.39, 0.29) is 0 Å². The van der Waals surface area contributed by atoms with Crippen LogP contribution in [0.4, 0.5) is 0 Å². The summed E-state index contributed by atoms with van der Waals surface area (Å²) < 4.78 is 0. The van der Waals surface area contributed by atoms with Crippen molar-refractivity contribution in [1.29, 1.82) is 0 Å². The number of nitrogens with one attached hydrogen (secondary N) is 1. The highest BCUT2D eigenvalue weighted by Gasteiger charge is 2.13. The third-order valence-corrected chi connectivity index (χ3v) is 4.87. The lowest BCUT2D eigenvalue weighted by Gasteiger charge is -2.25. The van der Waals surface area contributed by atoms with Crippen molar-refractivity contribution in [3.63, 3.8) is 0 Å². The van der Waals surface area contributed by atoms with Crippen molar-refractivity contribution in [2.45, 2.75) is 13.0 Å². The minimum atomic E-state index is 0.775. The molecule has 0 amide bonds. The normalized spacial score (nSPS) is 15.8. The number of allylic oxidation sites excluding steroid dienone is 1. The summed E-state index contributed by atoms with van der Waals surface area (Å²) in [6, 6.07) is 12.1. The number of aromatic nitrogens is 2. The SMILES string of the molecule is Clc1ccc(C=CC2=CCN(Cc3c[nH]c4ncccc34)CC2)cc1. The Morgan fingerprint density at radius 2 is 2.04 bits per heavy atom. The Morgan fingerprint density at radius 3 is 2.84 bits per heavy atom. The van der Waals surface area contributed by atoms with Gasteiger partial charge < -0.3 is 4.98 Å². The number of benzene rings is 1. The zero-order chi connectivity index (χ0) is 17.1. The third-order valence-electron chi connectivity index (χ3n) is 4.62. The van der Waals surface area contributed by atoms with Gasteiger partial charge in [0.1, 0.15) is 5.65 Å². The van der Waals surface area contributed by atoms with Crippen LogP contribution < -0.4 is 0 Å². The molecule has 1 N–H and O–H groups in total. The van der Waals surface area contributed by atoms with Crippen LogP contribution in [0.5, 0.6) is 0 Å². The standard InChI is InChI=1S/C21H20ClN3/c22-19-7-5-16(6-8-19)3-4-17-9-12-25(13-10-17)15-18-14-24-21-20(18)2-1-11-23-21/h1-9,11,14H,10,12-13,15H2,(H,23,24). The molecular formula is C21H20ClN3.